The number of aromatic nitrogens is 3. The van der Waals surface area contributed by atoms with Gasteiger partial charge in [0, 0.05) is 33.1 Å². The van der Waals surface area contributed by atoms with Gasteiger partial charge in [-0.15, -0.1) is 0 Å². The van der Waals surface area contributed by atoms with Gasteiger partial charge in [0.2, 0.25) is 0 Å². The molecule has 0 N–H and O–H groups in total. The zero-order chi connectivity index (χ0) is 36.7. The zero-order valence-corrected chi connectivity index (χ0v) is 30.7. The molecule has 2 heterocycles. The minimum absolute atomic E-state index is 0.164. The molecule has 0 atom stereocenters. The van der Waals surface area contributed by atoms with Crippen molar-refractivity contribution in [2.24, 2.45) is 0 Å². The zero-order valence-electron chi connectivity index (χ0n) is 30.7. The molecule has 8 aromatic carbocycles. The summed E-state index contributed by atoms with van der Waals surface area (Å²) in [5, 5.41) is 2.53. The fourth-order valence-corrected chi connectivity index (χ4v) is 9.10. The van der Waals surface area contributed by atoms with E-state index in [0.717, 1.165) is 28.1 Å². The highest BCUT2D eigenvalue weighted by atomic mass is 15.1. The molecule has 10 aromatic rings. The number of benzene rings is 8. The molecule has 0 spiro atoms. The summed E-state index contributed by atoms with van der Waals surface area (Å²) in [6.07, 6.45) is 0. The SMILES string of the molecule is CC1(C)c2cc(-c3ccc4c(c3)c3ccccc3n4-c3ccccc3)ccc2-c2c(-c3cccc(-c4nc5ccccc5n4-c4ccccc4)c3)cccc21. The van der Waals surface area contributed by atoms with E-state index in [9.17, 15) is 0 Å². The highest BCUT2D eigenvalue weighted by Gasteiger charge is 2.37. The Morgan fingerprint density at radius 2 is 1.04 bits per heavy atom. The van der Waals surface area contributed by atoms with Crippen LogP contribution in [0, 0.1) is 0 Å². The molecule has 0 fully saturated rings. The van der Waals surface area contributed by atoms with Crippen LogP contribution >= 0.6 is 0 Å². The number of imidazole rings is 1. The first-order valence-electron chi connectivity index (χ1n) is 19.1. The van der Waals surface area contributed by atoms with Gasteiger partial charge in [-0.05, 0) is 111 Å². The largest absolute Gasteiger partial charge is 0.309 e. The Bertz CT molecular complexity index is 3110. The lowest BCUT2D eigenvalue weighted by atomic mass is 9.81. The molecule has 11 rings (SSSR count). The smallest absolute Gasteiger partial charge is 0.145 e. The van der Waals surface area contributed by atoms with Crippen LogP contribution in [-0.2, 0) is 5.41 Å². The van der Waals surface area contributed by atoms with Gasteiger partial charge in [0.25, 0.3) is 0 Å². The van der Waals surface area contributed by atoms with Crippen molar-refractivity contribution in [1.29, 1.82) is 0 Å². The van der Waals surface area contributed by atoms with Crippen LogP contribution in [-0.4, -0.2) is 14.1 Å². The standard InChI is InChI=1S/C52H37N3/c1-52(2)44-23-14-22-40(36-15-13-16-37(31-36)51-53-46-24-10-12-26-49(46)55(51)39-19-7-4-8-20-39)50(44)42-29-27-35(33-45(42)52)34-28-30-48-43(32-34)41-21-9-11-25-47(41)54(48)38-17-5-3-6-18-38/h3-33H,1-2H3. The second-order valence-electron chi connectivity index (χ2n) is 15.2. The highest BCUT2D eigenvalue weighted by Crippen LogP contribution is 2.53. The van der Waals surface area contributed by atoms with Crippen LogP contribution in [0.3, 0.4) is 0 Å². The number of hydrogen-bond donors (Lipinski definition) is 0. The maximum Gasteiger partial charge on any atom is 0.145 e. The minimum Gasteiger partial charge on any atom is -0.309 e. The Kier molecular flexibility index (Phi) is 6.90. The van der Waals surface area contributed by atoms with E-state index < -0.39 is 0 Å². The molecule has 1 aliphatic carbocycles. The molecule has 3 nitrogen and oxygen atoms in total. The lowest BCUT2D eigenvalue weighted by Crippen LogP contribution is -2.15. The van der Waals surface area contributed by atoms with E-state index >= 15 is 0 Å². The Morgan fingerprint density at radius 3 is 1.85 bits per heavy atom. The van der Waals surface area contributed by atoms with Crippen molar-refractivity contribution in [3.8, 4) is 56.1 Å². The van der Waals surface area contributed by atoms with Crippen LogP contribution in [0.15, 0.2) is 188 Å². The van der Waals surface area contributed by atoms with E-state index in [2.05, 4.69) is 211 Å². The number of rotatable bonds is 5. The van der Waals surface area contributed by atoms with E-state index in [0.29, 0.717) is 0 Å². The van der Waals surface area contributed by atoms with Gasteiger partial charge in [0.1, 0.15) is 5.82 Å². The maximum absolute atomic E-state index is 5.18. The predicted molar refractivity (Wildman–Crippen MR) is 229 cm³/mol. The van der Waals surface area contributed by atoms with Gasteiger partial charge in [0.05, 0.1) is 22.1 Å². The van der Waals surface area contributed by atoms with Gasteiger partial charge in [0.15, 0.2) is 0 Å². The normalized spacial score (nSPS) is 13.1. The molecule has 0 saturated heterocycles. The van der Waals surface area contributed by atoms with Gasteiger partial charge in [-0.3, -0.25) is 4.57 Å². The van der Waals surface area contributed by atoms with Crippen molar-refractivity contribution < 1.29 is 0 Å². The van der Waals surface area contributed by atoms with Crippen molar-refractivity contribution in [1.82, 2.24) is 14.1 Å². The predicted octanol–water partition coefficient (Wildman–Crippen LogP) is 13.4. The van der Waals surface area contributed by atoms with E-state index in [4.69, 9.17) is 4.98 Å². The first kappa shape index (κ1) is 31.5. The molecule has 0 unspecified atom stereocenters. The number of fused-ring (bicyclic) bond motifs is 7. The van der Waals surface area contributed by atoms with E-state index in [1.54, 1.807) is 0 Å². The summed E-state index contributed by atoms with van der Waals surface area (Å²) in [5.41, 5.74) is 18.0. The van der Waals surface area contributed by atoms with E-state index in [1.165, 1.54) is 72.0 Å². The number of para-hydroxylation sites is 5. The van der Waals surface area contributed by atoms with Gasteiger partial charge in [-0.1, -0.05) is 135 Å². The number of nitrogens with zero attached hydrogens (tertiary/aromatic N) is 3. The van der Waals surface area contributed by atoms with Crippen molar-refractivity contribution >= 4 is 32.8 Å². The van der Waals surface area contributed by atoms with Crippen molar-refractivity contribution in [2.75, 3.05) is 0 Å². The Balaban J connectivity index is 1.03. The first-order chi connectivity index (χ1) is 27.0. The molecule has 0 bridgehead atoms. The Hall–Kier alpha value is -6.97. The molecule has 2 aromatic heterocycles. The molecule has 0 amide bonds. The average Bonchev–Trinajstić information content (AvgIpc) is 3.87. The highest BCUT2D eigenvalue weighted by molar-refractivity contribution is 6.10. The van der Waals surface area contributed by atoms with Crippen molar-refractivity contribution in [2.45, 2.75) is 19.3 Å². The third-order valence-electron chi connectivity index (χ3n) is 11.7. The summed E-state index contributed by atoms with van der Waals surface area (Å²) in [4.78, 5) is 5.18. The van der Waals surface area contributed by atoms with Crippen LogP contribution in [0.5, 0.6) is 0 Å². The van der Waals surface area contributed by atoms with Crippen LogP contribution in [0.25, 0.3) is 89.0 Å². The average molecular weight is 704 g/mol. The minimum atomic E-state index is -0.164. The molecule has 55 heavy (non-hydrogen) atoms. The van der Waals surface area contributed by atoms with E-state index in [-0.39, 0.29) is 5.41 Å². The second-order valence-corrected chi connectivity index (χ2v) is 15.2. The van der Waals surface area contributed by atoms with Crippen LogP contribution in [0.4, 0.5) is 0 Å². The third-order valence-corrected chi connectivity index (χ3v) is 11.7. The first-order valence-corrected chi connectivity index (χ1v) is 19.1. The van der Waals surface area contributed by atoms with Gasteiger partial charge in [-0.2, -0.15) is 0 Å². The molecular weight excluding hydrogens is 667 g/mol. The van der Waals surface area contributed by atoms with Crippen LogP contribution in [0.1, 0.15) is 25.0 Å². The number of hydrogen-bond acceptors (Lipinski definition) is 1. The van der Waals surface area contributed by atoms with Gasteiger partial charge >= 0.3 is 0 Å². The van der Waals surface area contributed by atoms with Crippen LogP contribution < -0.4 is 0 Å². The Morgan fingerprint density at radius 1 is 0.400 bits per heavy atom. The molecule has 0 saturated carbocycles. The summed E-state index contributed by atoms with van der Waals surface area (Å²) < 4.78 is 4.66. The quantitative estimate of drug-likeness (QED) is 0.175. The summed E-state index contributed by atoms with van der Waals surface area (Å²) in [5.74, 6) is 0.941. The fraction of sp³-hybridized carbons (Fsp3) is 0.0577. The lowest BCUT2D eigenvalue weighted by Gasteiger charge is -2.22. The summed E-state index contributed by atoms with van der Waals surface area (Å²) in [6, 6.07) is 68.2. The lowest BCUT2D eigenvalue weighted by molar-refractivity contribution is 0.660. The van der Waals surface area contributed by atoms with Gasteiger partial charge in [-0.25, -0.2) is 4.98 Å². The maximum atomic E-state index is 5.18. The fourth-order valence-electron chi connectivity index (χ4n) is 9.10. The third kappa shape index (κ3) is 4.79. The Labute approximate surface area is 320 Å². The van der Waals surface area contributed by atoms with Crippen molar-refractivity contribution in [3.63, 3.8) is 0 Å². The van der Waals surface area contributed by atoms with E-state index in [1.807, 2.05) is 0 Å². The summed E-state index contributed by atoms with van der Waals surface area (Å²) >= 11 is 0. The topological polar surface area (TPSA) is 22.8 Å². The molecule has 260 valence electrons. The molecular formula is C52H37N3. The summed E-state index contributed by atoms with van der Waals surface area (Å²) in [6.45, 7) is 4.75. The molecule has 0 radical (unpaired) electrons. The monoisotopic (exact) mass is 703 g/mol. The molecule has 1 aliphatic rings. The van der Waals surface area contributed by atoms with Crippen molar-refractivity contribution in [3.05, 3.63) is 199 Å². The van der Waals surface area contributed by atoms with Crippen LogP contribution in [0.2, 0.25) is 0 Å². The molecule has 0 aliphatic heterocycles. The second kappa shape index (κ2) is 12.0. The van der Waals surface area contributed by atoms with Gasteiger partial charge < -0.3 is 4.57 Å². The molecule has 3 heteroatoms. The summed E-state index contributed by atoms with van der Waals surface area (Å²) in [7, 11) is 0.